The highest BCUT2D eigenvalue weighted by Gasteiger charge is 2.26. The van der Waals surface area contributed by atoms with Crippen LogP contribution in [-0.2, 0) is 30.3 Å². The zero-order valence-electron chi connectivity index (χ0n) is 21.3. The average molecular weight is 456 g/mol. The molecular weight excluding hydrogens is 418 g/mol. The van der Waals surface area contributed by atoms with Gasteiger partial charge >= 0.3 is 0 Å². The van der Waals surface area contributed by atoms with Crippen LogP contribution in [0.5, 0.6) is 5.75 Å². The molecule has 0 unspecified atom stereocenters. The van der Waals surface area contributed by atoms with E-state index in [1.807, 2.05) is 30.3 Å². The van der Waals surface area contributed by atoms with Gasteiger partial charge in [0.05, 0.1) is 17.6 Å². The normalized spacial score (nSPS) is 12.4. The highest BCUT2D eigenvalue weighted by Crippen LogP contribution is 2.40. The molecule has 0 fully saturated rings. The number of fused-ring (bicyclic) bond motifs is 1. The fraction of sp³-hybridized carbons (Fsp3) is 0.367. The van der Waals surface area contributed by atoms with Crippen molar-refractivity contribution in [3.8, 4) is 5.75 Å². The van der Waals surface area contributed by atoms with Gasteiger partial charge in [-0.1, -0.05) is 96.1 Å². The largest absolute Gasteiger partial charge is 0.507 e. The highest BCUT2D eigenvalue weighted by atomic mass is 16.3. The van der Waals surface area contributed by atoms with Gasteiger partial charge in [0.1, 0.15) is 5.75 Å². The Hall–Kier alpha value is -3.27. The van der Waals surface area contributed by atoms with Crippen molar-refractivity contribution in [1.29, 1.82) is 5.41 Å². The van der Waals surface area contributed by atoms with Crippen LogP contribution in [0.4, 0.5) is 0 Å². The first-order valence-electron chi connectivity index (χ1n) is 12.1. The first kappa shape index (κ1) is 23.9. The molecule has 0 atom stereocenters. The minimum absolute atomic E-state index is 0.153. The van der Waals surface area contributed by atoms with Crippen molar-refractivity contribution in [2.45, 2.75) is 71.9 Å². The average Bonchev–Trinajstić information content (AvgIpc) is 3.03. The molecule has 0 saturated carbocycles. The number of aryl methyl sites for hydroxylation is 2. The van der Waals surface area contributed by atoms with Crippen LogP contribution < -0.4 is 5.62 Å². The lowest BCUT2D eigenvalue weighted by molar-refractivity contribution is 0.422. The van der Waals surface area contributed by atoms with Crippen LogP contribution in [-0.4, -0.2) is 14.2 Å². The van der Waals surface area contributed by atoms with E-state index in [0.29, 0.717) is 24.5 Å². The zero-order valence-corrected chi connectivity index (χ0v) is 21.3. The fourth-order valence-electron chi connectivity index (χ4n) is 4.67. The molecule has 0 aliphatic heterocycles. The topological polar surface area (TPSA) is 53.9 Å². The van der Waals surface area contributed by atoms with E-state index in [1.54, 1.807) is 0 Å². The van der Waals surface area contributed by atoms with E-state index in [1.165, 1.54) is 11.1 Å². The molecule has 0 spiro atoms. The van der Waals surface area contributed by atoms with Gasteiger partial charge in [-0.25, -0.2) is 0 Å². The quantitative estimate of drug-likeness (QED) is 0.354. The number of phenolic OH excluding ortho intramolecular Hbond substituents is 1. The van der Waals surface area contributed by atoms with E-state index in [2.05, 4.69) is 87.1 Å². The van der Waals surface area contributed by atoms with Crippen LogP contribution in [0.3, 0.4) is 0 Å². The van der Waals surface area contributed by atoms with Crippen molar-refractivity contribution in [2.75, 3.05) is 0 Å². The summed E-state index contributed by atoms with van der Waals surface area (Å²) >= 11 is 0. The Bertz CT molecular complexity index is 1330. The number of nitrogens with zero attached hydrogens (tertiary/aromatic N) is 2. The van der Waals surface area contributed by atoms with Gasteiger partial charge in [0, 0.05) is 6.54 Å². The summed E-state index contributed by atoms with van der Waals surface area (Å²) < 4.78 is 4.20. The molecule has 178 valence electrons. The predicted octanol–water partition coefficient (Wildman–Crippen LogP) is 6.51. The number of benzene rings is 3. The summed E-state index contributed by atoms with van der Waals surface area (Å²) in [5, 5.41) is 20.1. The Morgan fingerprint density at radius 3 is 1.74 bits per heavy atom. The Morgan fingerprint density at radius 2 is 1.21 bits per heavy atom. The molecule has 0 amide bonds. The van der Waals surface area contributed by atoms with Crippen LogP contribution in [0, 0.1) is 5.41 Å². The lowest BCUT2D eigenvalue weighted by Crippen LogP contribution is -2.26. The number of hydrogen-bond acceptors (Lipinski definition) is 2. The van der Waals surface area contributed by atoms with Gasteiger partial charge in [-0.15, -0.1) is 0 Å². The van der Waals surface area contributed by atoms with Crippen molar-refractivity contribution < 1.29 is 5.11 Å². The van der Waals surface area contributed by atoms with E-state index >= 15 is 0 Å². The first-order chi connectivity index (χ1) is 16.0. The van der Waals surface area contributed by atoms with Crippen LogP contribution in [0.15, 0.2) is 66.7 Å². The summed E-state index contributed by atoms with van der Waals surface area (Å²) in [5.74, 6) is 0.414. The molecule has 1 heterocycles. The maximum atomic E-state index is 11.1. The van der Waals surface area contributed by atoms with Gasteiger partial charge in [-0.2, -0.15) is 0 Å². The number of nitrogens with one attached hydrogen (secondary N) is 1. The molecule has 0 radical (unpaired) electrons. The SMILES string of the molecule is CC(C)(C)c1cc(CCn2c(=N)n(Cc3ccccc3)c3ccccc32)cc(C(C)(C)C)c1O. The summed E-state index contributed by atoms with van der Waals surface area (Å²) in [7, 11) is 0. The number of rotatable bonds is 5. The minimum Gasteiger partial charge on any atom is -0.507 e. The summed E-state index contributed by atoms with van der Waals surface area (Å²) in [4.78, 5) is 0. The lowest BCUT2D eigenvalue weighted by Gasteiger charge is -2.28. The third kappa shape index (κ3) is 4.68. The molecule has 4 rings (SSSR count). The van der Waals surface area contributed by atoms with Gasteiger partial charge < -0.3 is 14.2 Å². The molecule has 1 aromatic heterocycles. The number of aromatic nitrogens is 2. The van der Waals surface area contributed by atoms with Crippen molar-refractivity contribution in [1.82, 2.24) is 9.13 Å². The van der Waals surface area contributed by atoms with Crippen molar-refractivity contribution >= 4 is 11.0 Å². The highest BCUT2D eigenvalue weighted by molar-refractivity contribution is 5.76. The Labute approximate surface area is 203 Å². The second-order valence-corrected chi connectivity index (χ2v) is 11.3. The second kappa shape index (κ2) is 8.83. The molecular formula is C30H37N3O. The molecule has 0 bridgehead atoms. The lowest BCUT2D eigenvalue weighted by atomic mass is 9.78. The summed E-state index contributed by atoms with van der Waals surface area (Å²) in [6, 6.07) is 22.9. The van der Waals surface area contributed by atoms with Crippen molar-refractivity contribution in [3.63, 3.8) is 0 Å². The molecule has 4 nitrogen and oxygen atoms in total. The number of phenols is 1. The molecule has 4 heteroatoms. The molecule has 3 aromatic carbocycles. The van der Waals surface area contributed by atoms with E-state index < -0.39 is 0 Å². The standard InChI is InChI=1S/C30H37N3O/c1-29(2,3)23-18-22(19-24(27(23)34)30(4,5)6)16-17-32-25-14-10-11-15-26(25)33(28(32)31)20-21-12-8-7-9-13-21/h7-15,18-19,31,34H,16-17,20H2,1-6H3. The van der Waals surface area contributed by atoms with E-state index in [-0.39, 0.29) is 10.8 Å². The van der Waals surface area contributed by atoms with Gasteiger partial charge in [-0.05, 0) is 51.6 Å². The molecule has 0 aliphatic carbocycles. The van der Waals surface area contributed by atoms with Gasteiger partial charge in [0.15, 0.2) is 0 Å². The Balaban J connectivity index is 1.74. The van der Waals surface area contributed by atoms with E-state index in [4.69, 9.17) is 5.41 Å². The first-order valence-corrected chi connectivity index (χ1v) is 12.1. The summed E-state index contributed by atoms with van der Waals surface area (Å²) in [5.41, 5.74) is 6.71. The predicted molar refractivity (Wildman–Crippen MR) is 141 cm³/mol. The van der Waals surface area contributed by atoms with Crippen LogP contribution in [0.25, 0.3) is 11.0 Å². The number of para-hydroxylation sites is 2. The van der Waals surface area contributed by atoms with Gasteiger partial charge in [0.2, 0.25) is 5.62 Å². The van der Waals surface area contributed by atoms with Crippen molar-refractivity contribution in [3.05, 3.63) is 94.6 Å². The maximum Gasteiger partial charge on any atom is 0.203 e. The zero-order chi connectivity index (χ0) is 24.7. The molecule has 0 aliphatic rings. The van der Waals surface area contributed by atoms with Crippen LogP contribution in [0.2, 0.25) is 0 Å². The number of imidazole rings is 1. The molecule has 34 heavy (non-hydrogen) atoms. The molecule has 0 saturated heterocycles. The Kier molecular flexibility index (Phi) is 6.20. The summed E-state index contributed by atoms with van der Waals surface area (Å²) in [6.07, 6.45) is 0.794. The third-order valence-electron chi connectivity index (χ3n) is 6.57. The van der Waals surface area contributed by atoms with Crippen LogP contribution in [0.1, 0.15) is 63.8 Å². The molecule has 4 aromatic rings. The van der Waals surface area contributed by atoms with Crippen LogP contribution >= 0.6 is 0 Å². The van der Waals surface area contributed by atoms with E-state index in [9.17, 15) is 5.11 Å². The smallest absolute Gasteiger partial charge is 0.203 e. The maximum absolute atomic E-state index is 11.1. The Morgan fingerprint density at radius 1 is 0.706 bits per heavy atom. The third-order valence-corrected chi connectivity index (χ3v) is 6.57. The number of aromatic hydroxyl groups is 1. The monoisotopic (exact) mass is 455 g/mol. The minimum atomic E-state index is -0.153. The van der Waals surface area contributed by atoms with Gasteiger partial charge in [0.25, 0.3) is 0 Å². The summed E-state index contributed by atoms with van der Waals surface area (Å²) in [6.45, 7) is 14.3. The number of hydrogen-bond donors (Lipinski definition) is 2. The molecule has 2 N–H and O–H groups in total. The van der Waals surface area contributed by atoms with Crippen molar-refractivity contribution in [2.24, 2.45) is 0 Å². The fourth-order valence-corrected chi connectivity index (χ4v) is 4.67. The second-order valence-electron chi connectivity index (χ2n) is 11.3. The van der Waals surface area contributed by atoms with Gasteiger partial charge in [-0.3, -0.25) is 5.41 Å². The van der Waals surface area contributed by atoms with E-state index in [0.717, 1.165) is 28.6 Å².